The quantitative estimate of drug-likeness (QED) is 0.780. The second-order valence-electron chi connectivity index (χ2n) is 4.18. The Balaban J connectivity index is 2.24. The van der Waals surface area contributed by atoms with Gasteiger partial charge in [0.15, 0.2) is 0 Å². The summed E-state index contributed by atoms with van der Waals surface area (Å²) in [6.07, 6.45) is 4.66. The van der Waals surface area contributed by atoms with Gasteiger partial charge in [0.25, 0.3) is 0 Å². The molecule has 2 N–H and O–H groups in total. The maximum atomic E-state index is 13.8. The monoisotopic (exact) mass is 234 g/mol. The normalized spacial score (nSPS) is 16.2. The molecule has 2 heterocycles. The Morgan fingerprint density at radius 3 is 2.71 bits per heavy atom. The first kappa shape index (κ1) is 10.5. The van der Waals surface area contributed by atoms with Crippen LogP contribution >= 0.6 is 0 Å². The summed E-state index contributed by atoms with van der Waals surface area (Å²) >= 11 is 0. The van der Waals surface area contributed by atoms with Crippen molar-refractivity contribution in [3.8, 4) is 0 Å². The highest BCUT2D eigenvalue weighted by molar-refractivity contribution is 5.93. The summed E-state index contributed by atoms with van der Waals surface area (Å²) in [6, 6.07) is 2.32. The van der Waals surface area contributed by atoms with Crippen molar-refractivity contribution in [1.82, 2.24) is 10.3 Å². The van der Waals surface area contributed by atoms with Crippen molar-refractivity contribution in [2.75, 3.05) is 13.1 Å². The molecule has 0 radical (unpaired) electrons. The standard InChI is InChI=1S/C13H12F2N2/c14-10-3-4-11(15)13-12(10)9(7-17-13)8-2-1-5-16-6-8/h2-4,7,16-17H,1,5-6H2. The summed E-state index contributed by atoms with van der Waals surface area (Å²) in [5, 5.41) is 3.57. The molecule has 0 saturated carbocycles. The molecule has 0 spiro atoms. The van der Waals surface area contributed by atoms with Crippen molar-refractivity contribution in [2.45, 2.75) is 6.42 Å². The van der Waals surface area contributed by atoms with E-state index in [1.54, 1.807) is 6.20 Å². The first-order valence-electron chi connectivity index (χ1n) is 5.62. The molecule has 0 atom stereocenters. The molecule has 0 fully saturated rings. The number of hydrogen-bond donors (Lipinski definition) is 2. The van der Waals surface area contributed by atoms with Crippen LogP contribution in [-0.4, -0.2) is 18.1 Å². The summed E-state index contributed by atoms with van der Waals surface area (Å²) in [5.74, 6) is -0.804. The Kier molecular flexibility index (Phi) is 2.44. The van der Waals surface area contributed by atoms with E-state index in [1.807, 2.05) is 0 Å². The van der Waals surface area contributed by atoms with Crippen molar-refractivity contribution in [2.24, 2.45) is 0 Å². The van der Waals surface area contributed by atoms with Gasteiger partial charge in [0.05, 0.1) is 5.52 Å². The van der Waals surface area contributed by atoms with E-state index < -0.39 is 5.82 Å². The molecule has 2 aromatic rings. The lowest BCUT2D eigenvalue weighted by Gasteiger charge is -2.13. The fourth-order valence-electron chi connectivity index (χ4n) is 2.27. The molecule has 1 aliphatic heterocycles. The maximum absolute atomic E-state index is 13.8. The van der Waals surface area contributed by atoms with Crippen LogP contribution in [0.25, 0.3) is 16.5 Å². The van der Waals surface area contributed by atoms with Crippen molar-refractivity contribution in [1.29, 1.82) is 0 Å². The van der Waals surface area contributed by atoms with Crippen LogP contribution in [0, 0.1) is 11.6 Å². The zero-order valence-corrected chi connectivity index (χ0v) is 9.19. The summed E-state index contributed by atoms with van der Waals surface area (Å²) < 4.78 is 27.3. The molecule has 4 heteroatoms. The van der Waals surface area contributed by atoms with Gasteiger partial charge < -0.3 is 10.3 Å². The molecule has 0 bridgehead atoms. The first-order chi connectivity index (χ1) is 8.27. The van der Waals surface area contributed by atoms with Crippen LogP contribution in [0.2, 0.25) is 0 Å². The van der Waals surface area contributed by atoms with Crippen molar-refractivity contribution < 1.29 is 8.78 Å². The van der Waals surface area contributed by atoms with Gasteiger partial charge in [0, 0.05) is 23.7 Å². The number of aromatic nitrogens is 1. The zero-order chi connectivity index (χ0) is 11.8. The van der Waals surface area contributed by atoms with Crippen LogP contribution in [0.15, 0.2) is 24.4 Å². The highest BCUT2D eigenvalue weighted by atomic mass is 19.1. The minimum Gasteiger partial charge on any atom is -0.358 e. The third-order valence-electron chi connectivity index (χ3n) is 3.11. The SMILES string of the molecule is Fc1ccc(F)c2c(C3=CCCNC3)c[nH]c12. The predicted octanol–water partition coefficient (Wildman–Crippen LogP) is 2.82. The number of H-pyrrole nitrogens is 1. The van der Waals surface area contributed by atoms with Gasteiger partial charge in [0.1, 0.15) is 11.6 Å². The number of benzene rings is 1. The topological polar surface area (TPSA) is 27.8 Å². The van der Waals surface area contributed by atoms with Crippen molar-refractivity contribution in [3.63, 3.8) is 0 Å². The molecule has 0 amide bonds. The molecule has 0 saturated heterocycles. The molecule has 17 heavy (non-hydrogen) atoms. The smallest absolute Gasteiger partial charge is 0.147 e. The molecule has 1 aromatic carbocycles. The van der Waals surface area contributed by atoms with Crippen LogP contribution in [0.4, 0.5) is 8.78 Å². The third kappa shape index (κ3) is 1.65. The van der Waals surface area contributed by atoms with Gasteiger partial charge in [-0.2, -0.15) is 0 Å². The number of hydrogen-bond acceptors (Lipinski definition) is 1. The minimum absolute atomic E-state index is 0.242. The highest BCUT2D eigenvalue weighted by Gasteiger charge is 2.16. The lowest BCUT2D eigenvalue weighted by atomic mass is 10.0. The number of fused-ring (bicyclic) bond motifs is 1. The average molecular weight is 234 g/mol. The number of aromatic amines is 1. The van der Waals surface area contributed by atoms with E-state index in [-0.39, 0.29) is 11.3 Å². The van der Waals surface area contributed by atoms with Gasteiger partial charge in [-0.3, -0.25) is 0 Å². The van der Waals surface area contributed by atoms with E-state index in [9.17, 15) is 8.78 Å². The van der Waals surface area contributed by atoms with Crippen LogP contribution in [-0.2, 0) is 0 Å². The largest absolute Gasteiger partial charge is 0.358 e. The van der Waals surface area contributed by atoms with Gasteiger partial charge in [-0.15, -0.1) is 0 Å². The van der Waals surface area contributed by atoms with Crippen LogP contribution < -0.4 is 5.32 Å². The molecular formula is C13H12F2N2. The molecule has 1 aliphatic rings. The van der Waals surface area contributed by atoms with E-state index in [0.717, 1.165) is 30.2 Å². The molecule has 2 nitrogen and oxygen atoms in total. The molecule has 0 unspecified atom stereocenters. The van der Waals surface area contributed by atoms with Gasteiger partial charge >= 0.3 is 0 Å². The first-order valence-corrected chi connectivity index (χ1v) is 5.62. The summed E-state index contributed by atoms with van der Waals surface area (Å²) in [4.78, 5) is 2.81. The second kappa shape index (κ2) is 3.96. The van der Waals surface area contributed by atoms with Gasteiger partial charge in [-0.1, -0.05) is 6.08 Å². The fraction of sp³-hybridized carbons (Fsp3) is 0.231. The van der Waals surface area contributed by atoms with E-state index >= 15 is 0 Å². The van der Waals surface area contributed by atoms with Gasteiger partial charge in [-0.05, 0) is 30.7 Å². The van der Waals surface area contributed by atoms with E-state index in [4.69, 9.17) is 0 Å². The van der Waals surface area contributed by atoms with Crippen LogP contribution in [0.5, 0.6) is 0 Å². The summed E-state index contributed by atoms with van der Waals surface area (Å²) in [7, 11) is 0. The highest BCUT2D eigenvalue weighted by Crippen LogP contribution is 2.29. The number of nitrogens with one attached hydrogen (secondary N) is 2. The molecule has 0 aliphatic carbocycles. The van der Waals surface area contributed by atoms with Crippen molar-refractivity contribution in [3.05, 3.63) is 41.6 Å². The maximum Gasteiger partial charge on any atom is 0.147 e. The third-order valence-corrected chi connectivity index (χ3v) is 3.11. The molecular weight excluding hydrogens is 222 g/mol. The van der Waals surface area contributed by atoms with Crippen LogP contribution in [0.3, 0.4) is 0 Å². The van der Waals surface area contributed by atoms with Crippen LogP contribution in [0.1, 0.15) is 12.0 Å². The Bertz CT molecular complexity index is 599. The molecule has 88 valence electrons. The zero-order valence-electron chi connectivity index (χ0n) is 9.19. The van der Waals surface area contributed by atoms with E-state index in [1.165, 1.54) is 6.07 Å². The summed E-state index contributed by atoms with van der Waals surface area (Å²) in [6.45, 7) is 1.63. The number of rotatable bonds is 1. The van der Waals surface area contributed by atoms with E-state index in [2.05, 4.69) is 16.4 Å². The fourth-order valence-corrected chi connectivity index (χ4v) is 2.27. The lowest BCUT2D eigenvalue weighted by molar-refractivity contribution is 0.616. The lowest BCUT2D eigenvalue weighted by Crippen LogP contribution is -2.21. The minimum atomic E-state index is -0.419. The Morgan fingerprint density at radius 1 is 1.12 bits per heavy atom. The van der Waals surface area contributed by atoms with E-state index in [0.29, 0.717) is 11.9 Å². The Hall–Kier alpha value is -1.68. The van der Waals surface area contributed by atoms with Crippen molar-refractivity contribution >= 4 is 16.5 Å². The number of halogens is 2. The van der Waals surface area contributed by atoms with Gasteiger partial charge in [-0.25, -0.2) is 8.78 Å². The Morgan fingerprint density at radius 2 is 1.94 bits per heavy atom. The predicted molar refractivity (Wildman–Crippen MR) is 63.7 cm³/mol. The van der Waals surface area contributed by atoms with Gasteiger partial charge in [0.2, 0.25) is 0 Å². The molecule has 3 rings (SSSR count). The second-order valence-corrected chi connectivity index (χ2v) is 4.18. The Labute approximate surface area is 97.3 Å². The molecule has 1 aromatic heterocycles. The average Bonchev–Trinajstić information content (AvgIpc) is 2.81. The summed E-state index contributed by atoms with van der Waals surface area (Å²) in [5.41, 5.74) is 2.02.